The smallest absolute Gasteiger partial charge is 0.242 e. The Hall–Kier alpha value is -1.33. The molecule has 0 saturated heterocycles. The molecular formula is C9H9Cl2N5. The van der Waals surface area contributed by atoms with Crippen molar-refractivity contribution in [3.05, 3.63) is 33.8 Å². The summed E-state index contributed by atoms with van der Waals surface area (Å²) in [5.74, 6) is 0.566. The van der Waals surface area contributed by atoms with E-state index in [1.54, 1.807) is 25.2 Å². The third kappa shape index (κ3) is 2.25. The molecule has 2 rings (SSSR count). The maximum Gasteiger partial charge on any atom is 0.242 e. The van der Waals surface area contributed by atoms with Gasteiger partial charge in [0, 0.05) is 29.2 Å². The molecule has 0 fully saturated rings. The van der Waals surface area contributed by atoms with Gasteiger partial charge in [-0.3, -0.25) is 0 Å². The maximum atomic E-state index is 6.03. The van der Waals surface area contributed by atoms with Crippen LogP contribution in [-0.2, 0) is 13.6 Å². The lowest BCUT2D eigenvalue weighted by Gasteiger charge is -2.07. The van der Waals surface area contributed by atoms with Gasteiger partial charge in [-0.15, -0.1) is 0 Å². The highest BCUT2D eigenvalue weighted by Gasteiger charge is 2.07. The minimum Gasteiger partial charge on any atom is -0.349 e. The molecule has 0 saturated carbocycles. The number of halogens is 2. The number of nitrogens with one attached hydrogen (secondary N) is 1. The Morgan fingerprint density at radius 1 is 1.31 bits per heavy atom. The number of anilines is 1. The van der Waals surface area contributed by atoms with Gasteiger partial charge >= 0.3 is 0 Å². The van der Waals surface area contributed by atoms with E-state index in [0.29, 0.717) is 22.5 Å². The topological polar surface area (TPSA) is 55.6 Å². The zero-order valence-electron chi connectivity index (χ0n) is 8.48. The van der Waals surface area contributed by atoms with Crippen LogP contribution >= 0.6 is 23.2 Å². The molecule has 0 amide bonds. The lowest BCUT2D eigenvalue weighted by molar-refractivity contribution is 0.712. The van der Waals surface area contributed by atoms with Crippen LogP contribution in [0.3, 0.4) is 0 Å². The SMILES string of the molecule is Cn1nnnc1NCc1c(Cl)cccc1Cl. The maximum absolute atomic E-state index is 6.03. The predicted molar refractivity (Wildman–Crippen MR) is 62.6 cm³/mol. The second-order valence-corrected chi connectivity index (χ2v) is 3.99. The monoisotopic (exact) mass is 257 g/mol. The molecule has 84 valence electrons. The average Bonchev–Trinajstić information content (AvgIpc) is 2.64. The molecule has 0 spiro atoms. The predicted octanol–water partition coefficient (Wildman–Crippen LogP) is 2.13. The number of aryl methyl sites for hydroxylation is 1. The normalized spacial score (nSPS) is 10.4. The van der Waals surface area contributed by atoms with Crippen LogP contribution in [-0.4, -0.2) is 20.2 Å². The Labute approximate surface area is 102 Å². The second kappa shape index (κ2) is 4.67. The first-order valence-electron chi connectivity index (χ1n) is 4.57. The first kappa shape index (κ1) is 11.2. The number of aromatic nitrogens is 4. The number of hydrogen-bond donors (Lipinski definition) is 1. The first-order valence-corrected chi connectivity index (χ1v) is 5.33. The fraction of sp³-hybridized carbons (Fsp3) is 0.222. The third-order valence-corrected chi connectivity index (χ3v) is 2.81. The molecule has 0 bridgehead atoms. The minimum atomic E-state index is 0.479. The van der Waals surface area contributed by atoms with Gasteiger partial charge < -0.3 is 5.32 Å². The number of benzene rings is 1. The van der Waals surface area contributed by atoms with Crippen molar-refractivity contribution in [1.82, 2.24) is 20.2 Å². The van der Waals surface area contributed by atoms with E-state index in [0.717, 1.165) is 5.56 Å². The molecule has 7 heteroatoms. The van der Waals surface area contributed by atoms with E-state index in [4.69, 9.17) is 23.2 Å². The van der Waals surface area contributed by atoms with Gasteiger partial charge in [0.2, 0.25) is 5.95 Å². The van der Waals surface area contributed by atoms with Gasteiger partial charge in [-0.1, -0.05) is 34.4 Å². The zero-order valence-corrected chi connectivity index (χ0v) is 10.00. The van der Waals surface area contributed by atoms with Crippen molar-refractivity contribution in [1.29, 1.82) is 0 Å². The van der Waals surface area contributed by atoms with Gasteiger partial charge in [0.1, 0.15) is 0 Å². The minimum absolute atomic E-state index is 0.479. The largest absolute Gasteiger partial charge is 0.349 e. The second-order valence-electron chi connectivity index (χ2n) is 3.18. The molecule has 0 aliphatic rings. The number of tetrazole rings is 1. The van der Waals surface area contributed by atoms with Gasteiger partial charge in [0.05, 0.1) is 0 Å². The summed E-state index contributed by atoms with van der Waals surface area (Å²) in [7, 11) is 1.75. The van der Waals surface area contributed by atoms with E-state index < -0.39 is 0 Å². The number of rotatable bonds is 3. The number of nitrogens with zero attached hydrogens (tertiary/aromatic N) is 4. The molecule has 0 aliphatic heterocycles. The summed E-state index contributed by atoms with van der Waals surface area (Å²) in [5.41, 5.74) is 0.828. The Kier molecular flexibility index (Phi) is 3.26. The highest BCUT2D eigenvalue weighted by atomic mass is 35.5. The van der Waals surface area contributed by atoms with Gasteiger partial charge in [-0.2, -0.15) is 0 Å². The summed E-state index contributed by atoms with van der Waals surface area (Å²) in [6, 6.07) is 5.39. The van der Waals surface area contributed by atoms with E-state index in [2.05, 4.69) is 20.8 Å². The van der Waals surface area contributed by atoms with Gasteiger partial charge in [0.25, 0.3) is 0 Å². The van der Waals surface area contributed by atoms with E-state index in [-0.39, 0.29) is 0 Å². The van der Waals surface area contributed by atoms with Crippen LogP contribution in [0.4, 0.5) is 5.95 Å². The zero-order chi connectivity index (χ0) is 11.5. The van der Waals surface area contributed by atoms with Crippen molar-refractivity contribution in [3.8, 4) is 0 Å². The van der Waals surface area contributed by atoms with E-state index in [1.165, 1.54) is 4.68 Å². The van der Waals surface area contributed by atoms with Crippen LogP contribution in [0.25, 0.3) is 0 Å². The van der Waals surface area contributed by atoms with Crippen LogP contribution in [0, 0.1) is 0 Å². The van der Waals surface area contributed by atoms with Crippen molar-refractivity contribution in [2.24, 2.45) is 7.05 Å². The Bertz CT molecular complexity index is 476. The summed E-state index contributed by atoms with van der Waals surface area (Å²) in [6.07, 6.45) is 0. The fourth-order valence-corrected chi connectivity index (χ4v) is 1.78. The van der Waals surface area contributed by atoms with Crippen LogP contribution in [0.15, 0.2) is 18.2 Å². The van der Waals surface area contributed by atoms with Crippen LogP contribution in [0.2, 0.25) is 10.0 Å². The lowest BCUT2D eigenvalue weighted by Crippen LogP contribution is -2.06. The van der Waals surface area contributed by atoms with Crippen LogP contribution in [0.5, 0.6) is 0 Å². The molecule has 0 atom stereocenters. The first-order chi connectivity index (χ1) is 7.68. The lowest BCUT2D eigenvalue weighted by atomic mass is 10.2. The molecule has 1 N–H and O–H groups in total. The quantitative estimate of drug-likeness (QED) is 0.916. The van der Waals surface area contributed by atoms with Gasteiger partial charge in [-0.25, -0.2) is 4.68 Å². The molecule has 2 aromatic rings. The van der Waals surface area contributed by atoms with Crippen molar-refractivity contribution < 1.29 is 0 Å². The fourth-order valence-electron chi connectivity index (χ4n) is 1.25. The molecule has 0 radical (unpaired) electrons. The Morgan fingerprint density at radius 3 is 2.56 bits per heavy atom. The molecule has 1 aromatic heterocycles. The molecule has 16 heavy (non-hydrogen) atoms. The van der Waals surface area contributed by atoms with E-state index in [1.807, 2.05) is 0 Å². The molecule has 1 heterocycles. The summed E-state index contributed by atoms with van der Waals surface area (Å²) < 4.78 is 1.53. The van der Waals surface area contributed by atoms with E-state index in [9.17, 15) is 0 Å². The summed E-state index contributed by atoms with van der Waals surface area (Å²) in [4.78, 5) is 0. The van der Waals surface area contributed by atoms with E-state index >= 15 is 0 Å². The Morgan fingerprint density at radius 2 is 2.00 bits per heavy atom. The van der Waals surface area contributed by atoms with Crippen molar-refractivity contribution >= 4 is 29.2 Å². The summed E-state index contributed by atoms with van der Waals surface area (Å²) in [6.45, 7) is 0.479. The summed E-state index contributed by atoms with van der Waals surface area (Å²) in [5, 5.41) is 15.3. The standard InChI is InChI=1S/C9H9Cl2N5/c1-16-9(13-14-15-16)12-5-6-7(10)3-2-4-8(6)11/h2-4H,5H2,1H3,(H,12,13,15). The Balaban J connectivity index is 2.14. The van der Waals surface area contributed by atoms with Crippen molar-refractivity contribution in [2.75, 3.05) is 5.32 Å². The highest BCUT2D eigenvalue weighted by molar-refractivity contribution is 6.36. The average molecular weight is 258 g/mol. The van der Waals surface area contributed by atoms with Crippen LogP contribution < -0.4 is 5.32 Å². The van der Waals surface area contributed by atoms with Crippen molar-refractivity contribution in [2.45, 2.75) is 6.54 Å². The van der Waals surface area contributed by atoms with Gasteiger partial charge in [-0.05, 0) is 22.6 Å². The summed E-state index contributed by atoms with van der Waals surface area (Å²) >= 11 is 12.1. The number of hydrogen-bond acceptors (Lipinski definition) is 4. The van der Waals surface area contributed by atoms with Crippen molar-refractivity contribution in [3.63, 3.8) is 0 Å². The molecule has 0 unspecified atom stereocenters. The molecule has 5 nitrogen and oxygen atoms in total. The molecule has 0 aliphatic carbocycles. The molecule has 1 aromatic carbocycles. The van der Waals surface area contributed by atoms with Gasteiger partial charge in [0.15, 0.2) is 0 Å². The third-order valence-electron chi connectivity index (χ3n) is 2.11. The van der Waals surface area contributed by atoms with Crippen LogP contribution in [0.1, 0.15) is 5.56 Å². The highest BCUT2D eigenvalue weighted by Crippen LogP contribution is 2.24. The molecular weight excluding hydrogens is 249 g/mol.